The molecule has 1 aliphatic carbocycles. The van der Waals surface area contributed by atoms with Gasteiger partial charge in [-0.15, -0.1) is 0 Å². The summed E-state index contributed by atoms with van der Waals surface area (Å²) >= 11 is 0. The van der Waals surface area contributed by atoms with E-state index in [0.717, 1.165) is 43.3 Å². The minimum atomic E-state index is -0.359. The Morgan fingerprint density at radius 3 is 2.69 bits per heavy atom. The number of nitro benzene ring substituents is 1. The maximum Gasteiger partial charge on any atom is 0.269 e. The Balaban J connectivity index is 1.37. The molecule has 1 unspecified atom stereocenters. The van der Waals surface area contributed by atoms with Crippen LogP contribution < -0.4 is 4.90 Å². The monoisotopic (exact) mass is 353 g/mol. The number of nitro groups is 1. The van der Waals surface area contributed by atoms with Crippen LogP contribution in [0, 0.1) is 10.1 Å². The second kappa shape index (κ2) is 6.99. The van der Waals surface area contributed by atoms with Crippen LogP contribution in [0.3, 0.4) is 0 Å². The normalized spacial score (nSPS) is 20.3. The lowest BCUT2D eigenvalue weighted by molar-refractivity contribution is -0.384. The minimum absolute atomic E-state index is 0.142. The average molecular weight is 353 g/mol. The number of non-ortho nitro benzene ring substituents is 1. The molecule has 0 spiro atoms. The third-order valence-corrected chi connectivity index (χ3v) is 5.31. The van der Waals surface area contributed by atoms with E-state index in [1.807, 2.05) is 24.4 Å². The van der Waals surface area contributed by atoms with E-state index in [9.17, 15) is 10.1 Å². The molecule has 136 valence electrons. The van der Waals surface area contributed by atoms with E-state index in [1.165, 1.54) is 12.8 Å². The standard InChI is InChI=1S/C19H23N5O2/c1-22(18-8-10-20-19(21-18)15-4-5-15)17-9-11-23(13-17)12-14-2-6-16(7-3-14)24(25)26/h2-3,6-8,10,15,17H,4-5,9,11-13H2,1H3. The van der Waals surface area contributed by atoms with E-state index < -0.39 is 0 Å². The Labute approximate surface area is 152 Å². The summed E-state index contributed by atoms with van der Waals surface area (Å²) in [5, 5.41) is 10.8. The van der Waals surface area contributed by atoms with E-state index in [-0.39, 0.29) is 10.6 Å². The number of benzene rings is 1. The number of likely N-dealkylation sites (N-methyl/N-ethyl adjacent to an activating group) is 1. The largest absolute Gasteiger partial charge is 0.355 e. The maximum absolute atomic E-state index is 10.8. The van der Waals surface area contributed by atoms with Gasteiger partial charge in [0.2, 0.25) is 0 Å². The lowest BCUT2D eigenvalue weighted by Gasteiger charge is -2.26. The molecule has 2 heterocycles. The van der Waals surface area contributed by atoms with Crippen LogP contribution in [-0.2, 0) is 6.54 Å². The summed E-state index contributed by atoms with van der Waals surface area (Å²) in [5.74, 6) is 2.55. The maximum atomic E-state index is 10.8. The van der Waals surface area contributed by atoms with Crippen molar-refractivity contribution in [3.8, 4) is 0 Å². The summed E-state index contributed by atoms with van der Waals surface area (Å²) in [7, 11) is 2.11. The molecule has 2 fully saturated rings. The lowest BCUT2D eigenvalue weighted by Crippen LogP contribution is -2.35. The zero-order valence-corrected chi connectivity index (χ0v) is 14.9. The van der Waals surface area contributed by atoms with E-state index in [0.29, 0.717) is 12.0 Å². The number of hydrogen-bond donors (Lipinski definition) is 0. The molecule has 1 atom stereocenters. The molecule has 26 heavy (non-hydrogen) atoms. The zero-order chi connectivity index (χ0) is 18.1. The molecule has 1 aromatic heterocycles. The summed E-state index contributed by atoms with van der Waals surface area (Å²) in [6.07, 6.45) is 5.38. The van der Waals surface area contributed by atoms with Crippen LogP contribution in [0.2, 0.25) is 0 Å². The third-order valence-electron chi connectivity index (χ3n) is 5.31. The van der Waals surface area contributed by atoms with Gasteiger partial charge in [-0.25, -0.2) is 9.97 Å². The first kappa shape index (κ1) is 16.9. The fourth-order valence-corrected chi connectivity index (χ4v) is 3.54. The third kappa shape index (κ3) is 3.67. The van der Waals surface area contributed by atoms with E-state index in [4.69, 9.17) is 4.98 Å². The Morgan fingerprint density at radius 1 is 1.23 bits per heavy atom. The summed E-state index contributed by atoms with van der Waals surface area (Å²) in [6.45, 7) is 2.81. The van der Waals surface area contributed by atoms with Crippen LogP contribution in [0.25, 0.3) is 0 Å². The number of rotatable bonds is 6. The van der Waals surface area contributed by atoms with Crippen LogP contribution in [-0.4, -0.2) is 46.0 Å². The van der Waals surface area contributed by atoms with Gasteiger partial charge in [0.15, 0.2) is 0 Å². The molecule has 2 aliphatic rings. The first-order chi connectivity index (χ1) is 12.6. The van der Waals surface area contributed by atoms with Gasteiger partial charge in [0, 0.05) is 57.0 Å². The Morgan fingerprint density at radius 2 is 2.00 bits per heavy atom. The quantitative estimate of drug-likeness (QED) is 0.587. The SMILES string of the molecule is CN(c1ccnc(C2CC2)n1)C1CCN(Cc2ccc([N+](=O)[O-])cc2)C1. The minimum Gasteiger partial charge on any atom is -0.355 e. The van der Waals surface area contributed by atoms with E-state index in [2.05, 4.69) is 21.8 Å². The van der Waals surface area contributed by atoms with Crippen LogP contribution in [0.4, 0.5) is 11.5 Å². The number of aromatic nitrogens is 2. The van der Waals surface area contributed by atoms with Gasteiger partial charge in [-0.3, -0.25) is 15.0 Å². The molecule has 0 bridgehead atoms. The van der Waals surface area contributed by atoms with Gasteiger partial charge in [0.05, 0.1) is 4.92 Å². The molecule has 2 aromatic rings. The van der Waals surface area contributed by atoms with Crippen molar-refractivity contribution in [2.75, 3.05) is 25.0 Å². The van der Waals surface area contributed by atoms with Crippen molar-refractivity contribution in [1.29, 1.82) is 0 Å². The van der Waals surface area contributed by atoms with Crippen molar-refractivity contribution in [3.05, 3.63) is 58.0 Å². The molecule has 1 saturated carbocycles. The van der Waals surface area contributed by atoms with Crippen molar-refractivity contribution in [2.24, 2.45) is 0 Å². The van der Waals surface area contributed by atoms with Crippen LogP contribution >= 0.6 is 0 Å². The second-order valence-corrected chi connectivity index (χ2v) is 7.26. The Bertz CT molecular complexity index is 791. The molecule has 1 saturated heterocycles. The topological polar surface area (TPSA) is 75.4 Å². The van der Waals surface area contributed by atoms with Crippen molar-refractivity contribution in [1.82, 2.24) is 14.9 Å². The van der Waals surface area contributed by atoms with Gasteiger partial charge in [0.25, 0.3) is 5.69 Å². The Kier molecular flexibility index (Phi) is 4.55. The summed E-state index contributed by atoms with van der Waals surface area (Å²) in [6, 6.07) is 9.27. The highest BCUT2D eigenvalue weighted by Crippen LogP contribution is 2.38. The molecule has 0 amide bonds. The predicted molar refractivity (Wildman–Crippen MR) is 99.2 cm³/mol. The smallest absolute Gasteiger partial charge is 0.269 e. The van der Waals surface area contributed by atoms with E-state index in [1.54, 1.807) is 12.1 Å². The van der Waals surface area contributed by atoms with Crippen molar-refractivity contribution < 1.29 is 4.92 Å². The highest BCUT2D eigenvalue weighted by molar-refractivity contribution is 5.39. The Hall–Kier alpha value is -2.54. The number of nitrogens with zero attached hydrogens (tertiary/aromatic N) is 5. The number of anilines is 1. The molecule has 7 heteroatoms. The highest BCUT2D eigenvalue weighted by atomic mass is 16.6. The summed E-state index contributed by atoms with van der Waals surface area (Å²) < 4.78 is 0. The molecular weight excluding hydrogens is 330 g/mol. The van der Waals surface area contributed by atoms with Gasteiger partial charge < -0.3 is 4.90 Å². The second-order valence-electron chi connectivity index (χ2n) is 7.26. The molecule has 0 N–H and O–H groups in total. The van der Waals surface area contributed by atoms with Crippen LogP contribution in [0.1, 0.15) is 36.6 Å². The lowest BCUT2D eigenvalue weighted by atomic mass is 10.2. The fraction of sp³-hybridized carbons (Fsp3) is 0.474. The van der Waals surface area contributed by atoms with Crippen LogP contribution in [0.5, 0.6) is 0 Å². The van der Waals surface area contributed by atoms with Crippen molar-refractivity contribution >= 4 is 11.5 Å². The summed E-state index contributed by atoms with van der Waals surface area (Å²) in [4.78, 5) is 24.2. The van der Waals surface area contributed by atoms with Gasteiger partial charge in [-0.1, -0.05) is 12.1 Å². The van der Waals surface area contributed by atoms with Gasteiger partial charge in [-0.05, 0) is 30.9 Å². The first-order valence-electron chi connectivity index (χ1n) is 9.11. The fourth-order valence-electron chi connectivity index (χ4n) is 3.54. The molecule has 4 rings (SSSR count). The van der Waals surface area contributed by atoms with Gasteiger partial charge in [-0.2, -0.15) is 0 Å². The van der Waals surface area contributed by atoms with Crippen molar-refractivity contribution in [3.63, 3.8) is 0 Å². The predicted octanol–water partition coefficient (Wildman–Crippen LogP) is 2.97. The van der Waals surface area contributed by atoms with Crippen molar-refractivity contribution in [2.45, 2.75) is 37.8 Å². The van der Waals surface area contributed by atoms with Crippen LogP contribution in [0.15, 0.2) is 36.5 Å². The molecule has 0 radical (unpaired) electrons. The molecule has 1 aromatic carbocycles. The number of hydrogen-bond acceptors (Lipinski definition) is 6. The zero-order valence-electron chi connectivity index (χ0n) is 14.9. The molecule has 7 nitrogen and oxygen atoms in total. The molecular formula is C19H23N5O2. The van der Waals surface area contributed by atoms with Gasteiger partial charge in [0.1, 0.15) is 11.6 Å². The first-order valence-corrected chi connectivity index (χ1v) is 9.11. The highest BCUT2D eigenvalue weighted by Gasteiger charge is 2.29. The average Bonchev–Trinajstić information content (AvgIpc) is 3.41. The van der Waals surface area contributed by atoms with Gasteiger partial charge >= 0.3 is 0 Å². The number of likely N-dealkylation sites (tertiary alicyclic amines) is 1. The van der Waals surface area contributed by atoms with E-state index >= 15 is 0 Å². The summed E-state index contributed by atoms with van der Waals surface area (Å²) in [5.41, 5.74) is 1.25. The molecule has 1 aliphatic heterocycles.